The van der Waals surface area contributed by atoms with Gasteiger partial charge in [0.1, 0.15) is 6.04 Å². The van der Waals surface area contributed by atoms with Crippen molar-refractivity contribution in [1.29, 1.82) is 0 Å². The van der Waals surface area contributed by atoms with E-state index in [1.54, 1.807) is 10.9 Å². The van der Waals surface area contributed by atoms with Crippen LogP contribution in [0.2, 0.25) is 0 Å². The monoisotopic (exact) mass is 207 g/mol. The Labute approximate surface area is 89.9 Å². The van der Waals surface area contributed by atoms with Crippen molar-refractivity contribution in [3.8, 4) is 0 Å². The van der Waals surface area contributed by atoms with Crippen molar-refractivity contribution in [1.82, 2.24) is 14.7 Å². The van der Waals surface area contributed by atoms with Crippen LogP contribution in [0.3, 0.4) is 0 Å². The number of hydrogen-bond donors (Lipinski definition) is 0. The summed E-state index contributed by atoms with van der Waals surface area (Å²) in [6.07, 6.45) is 6.67. The fourth-order valence-electron chi connectivity index (χ4n) is 2.09. The largest absolute Gasteiger partial charge is 0.341 e. The highest BCUT2D eigenvalue weighted by atomic mass is 16.2. The number of aromatic nitrogens is 2. The Balaban J connectivity index is 2.09. The first kappa shape index (κ1) is 10.2. The average Bonchev–Trinajstić information content (AvgIpc) is 2.91. The summed E-state index contributed by atoms with van der Waals surface area (Å²) in [6.45, 7) is 3.85. The van der Waals surface area contributed by atoms with Gasteiger partial charge in [0.2, 0.25) is 5.91 Å². The smallest absolute Gasteiger partial charge is 0.247 e. The number of nitrogens with zero attached hydrogens (tertiary/aromatic N) is 3. The highest BCUT2D eigenvalue weighted by Gasteiger charge is 2.26. The van der Waals surface area contributed by atoms with Crippen LogP contribution in [0.1, 0.15) is 32.2 Å². The van der Waals surface area contributed by atoms with E-state index >= 15 is 0 Å². The predicted octanol–water partition coefficient (Wildman–Crippen LogP) is 1.46. The maximum atomic E-state index is 12.1. The molecule has 82 valence electrons. The Morgan fingerprint density at radius 2 is 2.20 bits per heavy atom. The van der Waals surface area contributed by atoms with Gasteiger partial charge in [0.15, 0.2) is 0 Å². The van der Waals surface area contributed by atoms with Gasteiger partial charge < -0.3 is 4.90 Å². The van der Waals surface area contributed by atoms with Crippen molar-refractivity contribution in [2.75, 3.05) is 13.1 Å². The van der Waals surface area contributed by atoms with Crippen molar-refractivity contribution in [2.45, 2.75) is 32.2 Å². The molecule has 2 rings (SSSR count). The van der Waals surface area contributed by atoms with Crippen molar-refractivity contribution in [2.24, 2.45) is 0 Å². The highest BCUT2D eigenvalue weighted by molar-refractivity contribution is 5.80. The van der Waals surface area contributed by atoms with Crippen molar-refractivity contribution < 1.29 is 4.79 Å². The molecule has 0 bridgehead atoms. The molecule has 0 N–H and O–H groups in total. The molecule has 1 amide bonds. The third kappa shape index (κ3) is 2.03. The summed E-state index contributed by atoms with van der Waals surface area (Å²) in [5.41, 5.74) is 0. The predicted molar refractivity (Wildman–Crippen MR) is 57.4 cm³/mol. The molecule has 1 atom stereocenters. The van der Waals surface area contributed by atoms with Gasteiger partial charge in [0, 0.05) is 25.5 Å². The lowest BCUT2D eigenvalue weighted by atomic mass is 10.2. The summed E-state index contributed by atoms with van der Waals surface area (Å²) in [5, 5.41) is 4.15. The second-order valence-corrected chi connectivity index (χ2v) is 3.94. The lowest BCUT2D eigenvalue weighted by Gasteiger charge is -2.22. The van der Waals surface area contributed by atoms with Crippen LogP contribution in [0.25, 0.3) is 0 Å². The third-order valence-electron chi connectivity index (χ3n) is 2.93. The van der Waals surface area contributed by atoms with Crippen molar-refractivity contribution in [3.05, 3.63) is 18.5 Å². The molecule has 15 heavy (non-hydrogen) atoms. The number of carbonyl (C=O) groups excluding carboxylic acids is 1. The molecule has 0 radical (unpaired) electrons. The Morgan fingerprint density at radius 1 is 1.47 bits per heavy atom. The summed E-state index contributed by atoms with van der Waals surface area (Å²) in [4.78, 5) is 14.1. The quantitative estimate of drug-likeness (QED) is 0.752. The second kappa shape index (κ2) is 4.47. The van der Waals surface area contributed by atoms with Gasteiger partial charge in [-0.25, -0.2) is 0 Å². The molecule has 0 aliphatic carbocycles. The molecular weight excluding hydrogens is 190 g/mol. The van der Waals surface area contributed by atoms with E-state index in [1.807, 2.05) is 24.1 Å². The lowest BCUT2D eigenvalue weighted by molar-refractivity contribution is -0.134. The zero-order valence-electron chi connectivity index (χ0n) is 9.09. The summed E-state index contributed by atoms with van der Waals surface area (Å²) in [6, 6.07) is 1.75. The van der Waals surface area contributed by atoms with Crippen molar-refractivity contribution >= 4 is 5.91 Å². The normalized spacial score (nSPS) is 18.1. The van der Waals surface area contributed by atoms with Crippen LogP contribution in [-0.2, 0) is 4.79 Å². The van der Waals surface area contributed by atoms with Gasteiger partial charge in [-0.3, -0.25) is 9.48 Å². The molecule has 1 aromatic rings. The zero-order chi connectivity index (χ0) is 10.7. The van der Waals surface area contributed by atoms with Crippen LogP contribution in [0.4, 0.5) is 0 Å². The van der Waals surface area contributed by atoms with Crippen LogP contribution in [-0.4, -0.2) is 33.7 Å². The van der Waals surface area contributed by atoms with Gasteiger partial charge in [-0.2, -0.15) is 5.10 Å². The van der Waals surface area contributed by atoms with Gasteiger partial charge in [-0.05, 0) is 25.3 Å². The number of rotatable bonds is 3. The molecule has 1 fully saturated rings. The van der Waals surface area contributed by atoms with E-state index in [2.05, 4.69) is 5.10 Å². The van der Waals surface area contributed by atoms with Gasteiger partial charge in [-0.15, -0.1) is 0 Å². The molecule has 1 aliphatic heterocycles. The number of carbonyl (C=O) groups is 1. The van der Waals surface area contributed by atoms with Gasteiger partial charge in [0.25, 0.3) is 0 Å². The molecular formula is C11H17N3O. The maximum absolute atomic E-state index is 12.1. The standard InChI is InChI=1S/C11H17N3O/c1-2-10(14-9-5-6-12-14)11(15)13-7-3-4-8-13/h5-6,9-10H,2-4,7-8H2,1H3. The fraction of sp³-hybridized carbons (Fsp3) is 0.636. The highest BCUT2D eigenvalue weighted by Crippen LogP contribution is 2.17. The fourth-order valence-corrected chi connectivity index (χ4v) is 2.09. The number of likely N-dealkylation sites (tertiary alicyclic amines) is 1. The molecule has 1 aliphatic rings. The third-order valence-corrected chi connectivity index (χ3v) is 2.93. The van der Waals surface area contributed by atoms with E-state index in [9.17, 15) is 4.79 Å². The first-order chi connectivity index (χ1) is 7.33. The van der Waals surface area contributed by atoms with Gasteiger partial charge >= 0.3 is 0 Å². The van der Waals surface area contributed by atoms with Gasteiger partial charge in [-0.1, -0.05) is 6.92 Å². The molecule has 0 aromatic carbocycles. The molecule has 1 unspecified atom stereocenters. The molecule has 4 nitrogen and oxygen atoms in total. The van der Waals surface area contributed by atoms with Crippen LogP contribution < -0.4 is 0 Å². The topological polar surface area (TPSA) is 38.1 Å². The van der Waals surface area contributed by atoms with E-state index in [1.165, 1.54) is 0 Å². The van der Waals surface area contributed by atoms with E-state index < -0.39 is 0 Å². The van der Waals surface area contributed by atoms with Crippen LogP contribution in [0.5, 0.6) is 0 Å². The van der Waals surface area contributed by atoms with E-state index in [-0.39, 0.29) is 11.9 Å². The Morgan fingerprint density at radius 3 is 2.73 bits per heavy atom. The molecule has 2 heterocycles. The zero-order valence-corrected chi connectivity index (χ0v) is 9.09. The Bertz CT molecular complexity index is 315. The van der Waals surface area contributed by atoms with Crippen LogP contribution in [0, 0.1) is 0 Å². The Hall–Kier alpha value is -1.32. The number of hydrogen-bond acceptors (Lipinski definition) is 2. The van der Waals surface area contributed by atoms with E-state index in [0.29, 0.717) is 0 Å². The molecule has 0 saturated carbocycles. The summed E-state index contributed by atoms with van der Waals surface area (Å²) >= 11 is 0. The maximum Gasteiger partial charge on any atom is 0.247 e. The van der Waals surface area contributed by atoms with Crippen molar-refractivity contribution in [3.63, 3.8) is 0 Å². The minimum atomic E-state index is -0.113. The summed E-state index contributed by atoms with van der Waals surface area (Å²) in [7, 11) is 0. The summed E-state index contributed by atoms with van der Waals surface area (Å²) in [5.74, 6) is 0.221. The van der Waals surface area contributed by atoms with E-state index in [4.69, 9.17) is 0 Å². The first-order valence-corrected chi connectivity index (χ1v) is 5.61. The first-order valence-electron chi connectivity index (χ1n) is 5.61. The number of amides is 1. The molecule has 0 spiro atoms. The van der Waals surface area contributed by atoms with Gasteiger partial charge in [0.05, 0.1) is 0 Å². The van der Waals surface area contributed by atoms with E-state index in [0.717, 1.165) is 32.4 Å². The Kier molecular flexibility index (Phi) is 3.04. The van der Waals surface area contributed by atoms with Crippen LogP contribution in [0.15, 0.2) is 18.5 Å². The second-order valence-electron chi connectivity index (χ2n) is 3.94. The molecule has 4 heteroatoms. The van der Waals surface area contributed by atoms with Crippen LogP contribution >= 0.6 is 0 Å². The lowest BCUT2D eigenvalue weighted by Crippen LogP contribution is -2.35. The SMILES string of the molecule is CCC(C(=O)N1CCCC1)n1cccn1. The minimum absolute atomic E-state index is 0.113. The average molecular weight is 207 g/mol. The minimum Gasteiger partial charge on any atom is -0.341 e. The molecule has 1 aromatic heterocycles. The summed E-state index contributed by atoms with van der Waals surface area (Å²) < 4.78 is 1.76. The molecule has 1 saturated heterocycles.